The van der Waals surface area contributed by atoms with Crippen LogP contribution in [0.15, 0.2) is 36.4 Å². The zero-order valence-corrected chi connectivity index (χ0v) is 16.6. The number of likely N-dealkylation sites (tertiary alicyclic amines) is 1. The SMILES string of the molecule is Cc1nn(C)c2nc(C3CC3)cc(C(=O)N3CCCC3Cc3ccccc3)c12. The largest absolute Gasteiger partial charge is 0.335 e. The maximum atomic E-state index is 13.7. The summed E-state index contributed by atoms with van der Waals surface area (Å²) < 4.78 is 1.82. The highest BCUT2D eigenvalue weighted by atomic mass is 16.2. The number of carbonyl (C=O) groups is 1. The van der Waals surface area contributed by atoms with E-state index in [4.69, 9.17) is 4.98 Å². The number of rotatable bonds is 4. The molecular weight excluding hydrogens is 348 g/mol. The van der Waals surface area contributed by atoms with Gasteiger partial charge in [0.05, 0.1) is 16.6 Å². The van der Waals surface area contributed by atoms with Crippen molar-refractivity contribution in [3.05, 3.63) is 58.9 Å². The van der Waals surface area contributed by atoms with E-state index in [-0.39, 0.29) is 11.9 Å². The quantitative estimate of drug-likeness (QED) is 0.693. The Morgan fingerprint density at radius 3 is 2.71 bits per heavy atom. The number of carbonyl (C=O) groups excluding carboxylic acids is 1. The number of benzene rings is 1. The molecule has 5 heteroatoms. The van der Waals surface area contributed by atoms with Crippen LogP contribution in [0.5, 0.6) is 0 Å². The molecule has 0 N–H and O–H groups in total. The Labute approximate surface area is 165 Å². The zero-order valence-electron chi connectivity index (χ0n) is 16.6. The summed E-state index contributed by atoms with van der Waals surface area (Å²) in [4.78, 5) is 20.6. The Hall–Kier alpha value is -2.69. The van der Waals surface area contributed by atoms with E-state index in [2.05, 4.69) is 40.3 Å². The maximum Gasteiger partial charge on any atom is 0.254 e. The van der Waals surface area contributed by atoms with E-state index in [1.54, 1.807) is 0 Å². The number of amides is 1. The molecule has 5 rings (SSSR count). The molecule has 0 bridgehead atoms. The minimum atomic E-state index is 0.142. The molecular formula is C23H26N4O. The molecule has 1 saturated heterocycles. The van der Waals surface area contributed by atoms with Gasteiger partial charge in [-0.15, -0.1) is 0 Å². The van der Waals surface area contributed by atoms with E-state index in [1.807, 2.05) is 24.7 Å². The number of pyridine rings is 1. The van der Waals surface area contributed by atoms with Crippen LogP contribution in [0.3, 0.4) is 0 Å². The normalized spacial score (nSPS) is 19.5. The molecule has 2 aromatic heterocycles. The molecule has 28 heavy (non-hydrogen) atoms. The van der Waals surface area contributed by atoms with Crippen LogP contribution in [0.2, 0.25) is 0 Å². The average molecular weight is 374 g/mol. The summed E-state index contributed by atoms with van der Waals surface area (Å²) in [6.45, 7) is 2.81. The highest BCUT2D eigenvalue weighted by Crippen LogP contribution is 2.41. The second-order valence-corrected chi connectivity index (χ2v) is 8.26. The number of hydrogen-bond donors (Lipinski definition) is 0. The first kappa shape index (κ1) is 17.4. The molecule has 5 nitrogen and oxygen atoms in total. The van der Waals surface area contributed by atoms with Crippen molar-refractivity contribution in [2.24, 2.45) is 7.05 Å². The Bertz CT molecular complexity index is 1040. The molecule has 3 aromatic rings. The lowest BCUT2D eigenvalue weighted by Gasteiger charge is -2.25. The van der Waals surface area contributed by atoms with Gasteiger partial charge in [-0.1, -0.05) is 30.3 Å². The third kappa shape index (κ3) is 2.99. The third-order valence-corrected chi connectivity index (χ3v) is 6.17. The molecule has 1 aliphatic heterocycles. The van der Waals surface area contributed by atoms with Gasteiger partial charge >= 0.3 is 0 Å². The van der Waals surface area contributed by atoms with E-state index in [0.717, 1.165) is 53.8 Å². The minimum absolute atomic E-state index is 0.142. The molecule has 0 spiro atoms. The van der Waals surface area contributed by atoms with Crippen LogP contribution in [0, 0.1) is 6.92 Å². The van der Waals surface area contributed by atoms with Crippen LogP contribution in [0.25, 0.3) is 11.0 Å². The number of hydrogen-bond acceptors (Lipinski definition) is 3. The van der Waals surface area contributed by atoms with Gasteiger partial charge in [0.2, 0.25) is 0 Å². The minimum Gasteiger partial charge on any atom is -0.335 e. The van der Waals surface area contributed by atoms with Gasteiger partial charge in [-0.2, -0.15) is 5.10 Å². The molecule has 1 aromatic carbocycles. The monoisotopic (exact) mass is 374 g/mol. The molecule has 1 amide bonds. The van der Waals surface area contributed by atoms with Crippen molar-refractivity contribution in [2.75, 3.05) is 6.54 Å². The van der Waals surface area contributed by atoms with Gasteiger partial charge in [0.15, 0.2) is 5.65 Å². The lowest BCUT2D eigenvalue weighted by Crippen LogP contribution is -2.37. The van der Waals surface area contributed by atoms with Gasteiger partial charge in [0, 0.05) is 31.2 Å². The van der Waals surface area contributed by atoms with Crippen LogP contribution >= 0.6 is 0 Å². The molecule has 1 atom stereocenters. The smallest absolute Gasteiger partial charge is 0.254 e. The topological polar surface area (TPSA) is 51.0 Å². The number of nitrogens with zero attached hydrogens (tertiary/aromatic N) is 4. The summed E-state index contributed by atoms with van der Waals surface area (Å²) in [5.41, 5.74) is 4.86. The van der Waals surface area contributed by atoms with Crippen LogP contribution in [-0.2, 0) is 13.5 Å². The summed E-state index contributed by atoms with van der Waals surface area (Å²) >= 11 is 0. The molecule has 1 unspecified atom stereocenters. The summed E-state index contributed by atoms with van der Waals surface area (Å²) in [6.07, 6.45) is 5.39. The van der Waals surface area contributed by atoms with Gasteiger partial charge in [-0.3, -0.25) is 9.48 Å². The van der Waals surface area contributed by atoms with Crippen molar-refractivity contribution >= 4 is 16.9 Å². The summed E-state index contributed by atoms with van der Waals surface area (Å²) in [5.74, 6) is 0.647. The maximum absolute atomic E-state index is 13.7. The number of fused-ring (bicyclic) bond motifs is 1. The molecule has 1 aliphatic carbocycles. The van der Waals surface area contributed by atoms with Crippen molar-refractivity contribution in [2.45, 2.75) is 51.0 Å². The highest BCUT2D eigenvalue weighted by Gasteiger charge is 2.33. The van der Waals surface area contributed by atoms with Crippen molar-refractivity contribution in [3.8, 4) is 0 Å². The molecule has 2 aliphatic rings. The summed E-state index contributed by atoms with van der Waals surface area (Å²) in [6, 6.07) is 12.8. The Morgan fingerprint density at radius 2 is 1.96 bits per heavy atom. The second-order valence-electron chi connectivity index (χ2n) is 8.26. The second kappa shape index (κ2) is 6.73. The first-order valence-corrected chi connectivity index (χ1v) is 10.3. The Morgan fingerprint density at radius 1 is 1.18 bits per heavy atom. The van der Waals surface area contributed by atoms with Crippen molar-refractivity contribution < 1.29 is 4.79 Å². The fourth-order valence-corrected chi connectivity index (χ4v) is 4.58. The predicted molar refractivity (Wildman–Crippen MR) is 109 cm³/mol. The fourth-order valence-electron chi connectivity index (χ4n) is 4.58. The van der Waals surface area contributed by atoms with Crippen LogP contribution in [0.4, 0.5) is 0 Å². The number of aromatic nitrogens is 3. The highest BCUT2D eigenvalue weighted by molar-refractivity contribution is 6.06. The van der Waals surface area contributed by atoms with Gasteiger partial charge in [-0.05, 0) is 50.7 Å². The third-order valence-electron chi connectivity index (χ3n) is 6.17. The van der Waals surface area contributed by atoms with E-state index in [0.29, 0.717) is 5.92 Å². The average Bonchev–Trinajstić information content (AvgIpc) is 3.39. The molecule has 1 saturated carbocycles. The first-order chi connectivity index (χ1) is 13.6. The van der Waals surface area contributed by atoms with Crippen LogP contribution < -0.4 is 0 Å². The van der Waals surface area contributed by atoms with Crippen LogP contribution in [-0.4, -0.2) is 38.2 Å². The van der Waals surface area contributed by atoms with E-state index in [9.17, 15) is 4.79 Å². The van der Waals surface area contributed by atoms with E-state index in [1.165, 1.54) is 18.4 Å². The van der Waals surface area contributed by atoms with Gasteiger partial charge in [0.1, 0.15) is 0 Å². The summed E-state index contributed by atoms with van der Waals surface area (Å²) in [7, 11) is 1.92. The molecule has 2 fully saturated rings. The lowest BCUT2D eigenvalue weighted by molar-refractivity contribution is 0.0738. The number of aryl methyl sites for hydroxylation is 2. The zero-order chi connectivity index (χ0) is 19.3. The predicted octanol–water partition coefficient (Wildman–Crippen LogP) is 4.00. The standard InChI is InChI=1S/C23H26N4O/c1-15-21-19(14-20(17-10-11-17)24-22(21)26(2)25-15)23(28)27-12-6-9-18(27)13-16-7-4-3-5-8-16/h3-5,7-8,14,17-18H,6,9-13H2,1-2H3. The van der Waals surface area contributed by atoms with Crippen molar-refractivity contribution in [1.29, 1.82) is 0 Å². The van der Waals surface area contributed by atoms with Crippen LogP contribution in [0.1, 0.15) is 58.9 Å². The summed E-state index contributed by atoms with van der Waals surface area (Å²) in [5, 5.41) is 5.47. The van der Waals surface area contributed by atoms with E-state index < -0.39 is 0 Å². The molecule has 144 valence electrons. The van der Waals surface area contributed by atoms with Crippen molar-refractivity contribution in [3.63, 3.8) is 0 Å². The van der Waals surface area contributed by atoms with Gasteiger partial charge < -0.3 is 4.90 Å². The lowest BCUT2D eigenvalue weighted by atomic mass is 10.0. The Balaban J connectivity index is 1.53. The van der Waals surface area contributed by atoms with Crippen molar-refractivity contribution in [1.82, 2.24) is 19.7 Å². The van der Waals surface area contributed by atoms with Gasteiger partial charge in [-0.25, -0.2) is 4.98 Å². The Kier molecular flexibility index (Phi) is 4.18. The van der Waals surface area contributed by atoms with E-state index >= 15 is 0 Å². The molecule has 3 heterocycles. The van der Waals surface area contributed by atoms with Gasteiger partial charge in [0.25, 0.3) is 5.91 Å². The fraction of sp³-hybridized carbons (Fsp3) is 0.435. The molecule has 0 radical (unpaired) electrons. The first-order valence-electron chi connectivity index (χ1n) is 10.3.